The van der Waals surface area contributed by atoms with E-state index in [9.17, 15) is 18.5 Å². The Morgan fingerprint density at radius 3 is 2.64 bits per heavy atom. The molecule has 0 bridgehead atoms. The van der Waals surface area contributed by atoms with E-state index in [4.69, 9.17) is 11.6 Å². The number of fused-ring (bicyclic) bond motifs is 1. The van der Waals surface area contributed by atoms with Crippen molar-refractivity contribution in [3.05, 3.63) is 69.2 Å². The molecule has 0 saturated carbocycles. The normalized spacial score (nSPS) is 22.8. The fourth-order valence-corrected chi connectivity index (χ4v) is 6.53. The quantitative estimate of drug-likeness (QED) is 0.536. The number of benzene rings is 2. The van der Waals surface area contributed by atoms with Gasteiger partial charge in [-0.3, -0.25) is 15.1 Å². The average molecular weight is 438 g/mol. The molecule has 1 saturated heterocycles. The van der Waals surface area contributed by atoms with Crippen LogP contribution >= 0.6 is 23.4 Å². The van der Waals surface area contributed by atoms with Crippen LogP contribution in [-0.2, 0) is 15.6 Å². The smallest absolute Gasteiger partial charge is 0.269 e. The van der Waals surface area contributed by atoms with Gasteiger partial charge in [-0.15, -0.1) is 0 Å². The van der Waals surface area contributed by atoms with Crippen molar-refractivity contribution in [1.82, 2.24) is 0 Å². The summed E-state index contributed by atoms with van der Waals surface area (Å²) in [5.41, 5.74) is 1.79. The van der Waals surface area contributed by atoms with Crippen LogP contribution in [0.5, 0.6) is 0 Å². The van der Waals surface area contributed by atoms with Crippen molar-refractivity contribution in [3.8, 4) is 0 Å². The Bertz CT molecular complexity index is 1060. The Hall–Kier alpha value is -2.10. The second-order valence-corrected chi connectivity index (χ2v) is 10.2. The van der Waals surface area contributed by atoms with Crippen molar-refractivity contribution in [2.24, 2.45) is 4.99 Å². The van der Waals surface area contributed by atoms with Gasteiger partial charge in [0, 0.05) is 28.6 Å². The summed E-state index contributed by atoms with van der Waals surface area (Å²) in [7, 11) is -3.11. The molecule has 4 rings (SSSR count). The van der Waals surface area contributed by atoms with Gasteiger partial charge in [-0.05, 0) is 23.8 Å². The van der Waals surface area contributed by atoms with Crippen molar-refractivity contribution in [3.63, 3.8) is 0 Å². The monoisotopic (exact) mass is 437 g/mol. The average Bonchev–Trinajstić information content (AvgIpc) is 3.11. The molecule has 2 heterocycles. The van der Waals surface area contributed by atoms with E-state index in [-0.39, 0.29) is 29.3 Å². The molecule has 0 unspecified atom stereocenters. The lowest BCUT2D eigenvalue weighted by Gasteiger charge is -2.26. The number of anilines is 1. The molecule has 7 nitrogen and oxygen atoms in total. The van der Waals surface area contributed by atoms with Crippen molar-refractivity contribution in [1.29, 1.82) is 0 Å². The zero-order valence-corrected chi connectivity index (χ0v) is 17.0. The van der Waals surface area contributed by atoms with E-state index < -0.39 is 14.8 Å². The minimum absolute atomic E-state index is 0.0484. The number of aliphatic imine (C=N–C) groups is 1. The number of thioether (sulfide) groups is 1. The molecule has 2 aromatic carbocycles. The van der Waals surface area contributed by atoms with E-state index >= 15 is 0 Å². The van der Waals surface area contributed by atoms with Gasteiger partial charge in [0.2, 0.25) is 0 Å². The fraction of sp³-hybridized carbons (Fsp3) is 0.278. The summed E-state index contributed by atoms with van der Waals surface area (Å²) in [5, 5.41) is 12.1. The van der Waals surface area contributed by atoms with Crippen LogP contribution < -0.4 is 4.90 Å². The van der Waals surface area contributed by atoms with Crippen LogP contribution in [0.1, 0.15) is 5.56 Å². The maximum Gasteiger partial charge on any atom is 0.269 e. The molecule has 2 aromatic rings. The van der Waals surface area contributed by atoms with Crippen LogP contribution in [-0.4, -0.2) is 42.1 Å². The number of nitrogens with zero attached hydrogens (tertiary/aromatic N) is 3. The van der Waals surface area contributed by atoms with Crippen LogP contribution in [0.3, 0.4) is 0 Å². The van der Waals surface area contributed by atoms with Gasteiger partial charge in [-0.25, -0.2) is 8.42 Å². The van der Waals surface area contributed by atoms with Gasteiger partial charge >= 0.3 is 0 Å². The van der Waals surface area contributed by atoms with Crippen molar-refractivity contribution >= 4 is 49.7 Å². The second-order valence-electron chi connectivity index (χ2n) is 6.69. The molecule has 10 heteroatoms. The van der Waals surface area contributed by atoms with Gasteiger partial charge in [-0.1, -0.05) is 41.6 Å². The lowest BCUT2D eigenvalue weighted by atomic mass is 10.1. The van der Waals surface area contributed by atoms with Gasteiger partial charge in [0.15, 0.2) is 15.0 Å². The summed E-state index contributed by atoms with van der Waals surface area (Å²) < 4.78 is 24.2. The molecule has 1 fully saturated rings. The van der Waals surface area contributed by atoms with Gasteiger partial charge < -0.3 is 4.90 Å². The van der Waals surface area contributed by atoms with Crippen molar-refractivity contribution < 1.29 is 13.3 Å². The van der Waals surface area contributed by atoms with Gasteiger partial charge in [0.1, 0.15) is 0 Å². The van der Waals surface area contributed by atoms with E-state index in [1.165, 1.54) is 23.9 Å². The number of rotatable bonds is 4. The molecule has 0 N–H and O–H groups in total. The standard InChI is InChI=1S/C18H16ClN3O4S2/c19-13-2-1-3-15(8-13)21-17-11-28(25,26)10-16(17)20-18(21)27-9-12-4-6-14(7-5-12)22(23)24/h1-8,16-17H,9-11H2/t16-,17-/m1/s1. The van der Waals surface area contributed by atoms with Crippen LogP contribution in [0.2, 0.25) is 5.02 Å². The summed E-state index contributed by atoms with van der Waals surface area (Å²) in [6, 6.07) is 13.2. The Morgan fingerprint density at radius 2 is 1.96 bits per heavy atom. The first-order valence-electron chi connectivity index (χ1n) is 8.51. The predicted molar refractivity (Wildman–Crippen MR) is 112 cm³/mol. The van der Waals surface area contributed by atoms with Crippen LogP contribution in [0.15, 0.2) is 53.5 Å². The Balaban J connectivity index is 1.58. The lowest BCUT2D eigenvalue weighted by Crippen LogP contribution is -2.39. The van der Waals surface area contributed by atoms with Gasteiger partial charge in [0.25, 0.3) is 5.69 Å². The first-order chi connectivity index (χ1) is 13.3. The number of hydrogen-bond acceptors (Lipinski definition) is 7. The van der Waals surface area contributed by atoms with E-state index in [0.29, 0.717) is 10.8 Å². The summed E-state index contributed by atoms with van der Waals surface area (Å²) in [6.07, 6.45) is 0. The minimum atomic E-state index is -3.11. The molecule has 28 heavy (non-hydrogen) atoms. The topological polar surface area (TPSA) is 92.9 Å². The first kappa shape index (κ1) is 19.2. The highest BCUT2D eigenvalue weighted by Gasteiger charge is 2.47. The molecule has 0 aromatic heterocycles. The number of halogens is 1. The number of hydrogen-bond donors (Lipinski definition) is 0. The van der Waals surface area contributed by atoms with E-state index in [1.807, 2.05) is 17.0 Å². The highest BCUT2D eigenvalue weighted by atomic mass is 35.5. The summed E-state index contributed by atoms with van der Waals surface area (Å²) in [6.45, 7) is 0. The zero-order valence-electron chi connectivity index (χ0n) is 14.6. The maximum atomic E-state index is 12.1. The van der Waals surface area contributed by atoms with Gasteiger partial charge in [0.05, 0.1) is 28.5 Å². The third-order valence-corrected chi connectivity index (χ3v) is 7.68. The molecule has 2 aliphatic rings. The maximum absolute atomic E-state index is 12.1. The fourth-order valence-electron chi connectivity index (χ4n) is 3.42. The van der Waals surface area contributed by atoms with E-state index in [1.54, 1.807) is 24.3 Å². The number of nitro groups is 1. The number of sulfone groups is 1. The number of nitro benzene ring substituents is 1. The largest absolute Gasteiger partial charge is 0.315 e. The highest BCUT2D eigenvalue weighted by molar-refractivity contribution is 8.13. The van der Waals surface area contributed by atoms with Crippen LogP contribution in [0.4, 0.5) is 11.4 Å². The SMILES string of the molecule is O=[N+]([O-])c1ccc(CSC2=N[C@@H]3CS(=O)(=O)C[C@H]3N2c2cccc(Cl)c2)cc1. The minimum Gasteiger partial charge on any atom is -0.315 e. The Kier molecular flexibility index (Phi) is 5.07. The van der Waals surface area contributed by atoms with Crippen LogP contribution in [0, 0.1) is 10.1 Å². The van der Waals surface area contributed by atoms with Crippen molar-refractivity contribution in [2.45, 2.75) is 17.8 Å². The molecular formula is C18H16ClN3O4S2. The third-order valence-electron chi connectivity index (χ3n) is 4.71. The molecule has 0 aliphatic carbocycles. The number of amidine groups is 1. The van der Waals surface area contributed by atoms with Gasteiger partial charge in [-0.2, -0.15) is 0 Å². The molecule has 2 aliphatic heterocycles. The lowest BCUT2D eigenvalue weighted by molar-refractivity contribution is -0.384. The zero-order chi connectivity index (χ0) is 19.9. The predicted octanol–water partition coefficient (Wildman–Crippen LogP) is 3.52. The highest BCUT2D eigenvalue weighted by Crippen LogP contribution is 2.36. The molecule has 0 radical (unpaired) electrons. The van der Waals surface area contributed by atoms with Crippen LogP contribution in [0.25, 0.3) is 0 Å². The molecule has 0 spiro atoms. The second kappa shape index (κ2) is 7.38. The number of non-ortho nitro benzene ring substituents is 1. The summed E-state index contributed by atoms with van der Waals surface area (Å²) >= 11 is 7.62. The molecule has 0 amide bonds. The third kappa shape index (κ3) is 3.87. The van der Waals surface area contributed by atoms with Crippen molar-refractivity contribution in [2.75, 3.05) is 16.4 Å². The Morgan fingerprint density at radius 1 is 1.21 bits per heavy atom. The first-order valence-corrected chi connectivity index (χ1v) is 11.7. The Labute approximate surface area is 171 Å². The van der Waals surface area contributed by atoms with E-state index in [0.717, 1.165) is 16.4 Å². The molecular weight excluding hydrogens is 422 g/mol. The summed E-state index contributed by atoms with van der Waals surface area (Å²) in [5.74, 6) is 0.686. The molecule has 2 atom stereocenters. The van der Waals surface area contributed by atoms with E-state index in [2.05, 4.69) is 4.99 Å². The molecule has 146 valence electrons. The summed E-state index contributed by atoms with van der Waals surface area (Å²) in [4.78, 5) is 17.0.